The Bertz CT molecular complexity index is 493. The summed E-state index contributed by atoms with van der Waals surface area (Å²) in [5.41, 5.74) is 5.62. The van der Waals surface area contributed by atoms with Crippen molar-refractivity contribution in [2.24, 2.45) is 16.8 Å². The second-order valence-electron chi connectivity index (χ2n) is 4.11. The van der Waals surface area contributed by atoms with E-state index in [9.17, 15) is 10.1 Å². The van der Waals surface area contributed by atoms with Crippen LogP contribution in [0.25, 0.3) is 0 Å². The van der Waals surface area contributed by atoms with Crippen molar-refractivity contribution in [1.29, 1.82) is 0 Å². The van der Waals surface area contributed by atoms with Crippen molar-refractivity contribution in [3.8, 4) is 0 Å². The Balaban J connectivity index is 3.06. The third kappa shape index (κ3) is 4.09. The summed E-state index contributed by atoms with van der Waals surface area (Å²) in [5.74, 6) is 1.12. The summed E-state index contributed by atoms with van der Waals surface area (Å²) in [5, 5.41) is 22.8. The quantitative estimate of drug-likeness (QED) is 0.207. The molecular formula is C11H16N4O3S. The third-order valence-electron chi connectivity index (χ3n) is 2.63. The van der Waals surface area contributed by atoms with Crippen LogP contribution in [0.3, 0.4) is 0 Å². The van der Waals surface area contributed by atoms with Crippen LogP contribution in [-0.2, 0) is 0 Å². The number of hydrogen-bond acceptors (Lipinski definition) is 6. The minimum absolute atomic E-state index is 0.178. The van der Waals surface area contributed by atoms with Crippen molar-refractivity contribution in [1.82, 2.24) is 4.98 Å². The van der Waals surface area contributed by atoms with E-state index in [2.05, 4.69) is 24.0 Å². The van der Waals surface area contributed by atoms with Gasteiger partial charge in [0.2, 0.25) is 0 Å². The molecule has 1 aromatic rings. The molecule has 0 aliphatic heterocycles. The monoisotopic (exact) mass is 284 g/mol. The molecule has 1 heterocycles. The predicted molar refractivity (Wildman–Crippen MR) is 73.6 cm³/mol. The zero-order valence-corrected chi connectivity index (χ0v) is 11.6. The molecule has 1 aromatic heterocycles. The molecule has 1 unspecified atom stereocenters. The number of thioether (sulfide) groups is 1. The number of pyridine rings is 1. The number of nitro groups is 1. The minimum Gasteiger partial charge on any atom is -0.409 e. The number of rotatable bonds is 6. The van der Waals surface area contributed by atoms with Gasteiger partial charge in [-0.25, -0.2) is 4.98 Å². The van der Waals surface area contributed by atoms with Gasteiger partial charge in [0.1, 0.15) is 11.2 Å². The van der Waals surface area contributed by atoms with E-state index in [4.69, 9.17) is 10.9 Å². The number of amidine groups is 1. The molecule has 0 fully saturated rings. The Hall–Kier alpha value is -1.83. The van der Waals surface area contributed by atoms with Crippen LogP contribution in [0.1, 0.15) is 25.8 Å². The van der Waals surface area contributed by atoms with Crippen molar-refractivity contribution in [3.63, 3.8) is 0 Å². The fourth-order valence-electron chi connectivity index (χ4n) is 1.23. The van der Waals surface area contributed by atoms with Gasteiger partial charge in [-0.3, -0.25) is 10.1 Å². The largest absolute Gasteiger partial charge is 0.409 e. The number of aromatic nitrogens is 1. The Morgan fingerprint density at radius 2 is 2.42 bits per heavy atom. The second kappa shape index (κ2) is 6.93. The van der Waals surface area contributed by atoms with Gasteiger partial charge in [0.05, 0.1) is 10.5 Å². The second-order valence-corrected chi connectivity index (χ2v) is 5.12. The summed E-state index contributed by atoms with van der Waals surface area (Å²) in [6.45, 7) is 4.18. The molecular weight excluding hydrogens is 268 g/mol. The molecule has 0 amide bonds. The molecule has 0 aromatic carbocycles. The normalized spacial score (nSPS) is 13.3. The highest BCUT2D eigenvalue weighted by molar-refractivity contribution is 7.99. The predicted octanol–water partition coefficient (Wildman–Crippen LogP) is 2.22. The first-order valence-electron chi connectivity index (χ1n) is 5.74. The van der Waals surface area contributed by atoms with Gasteiger partial charge in [-0.1, -0.05) is 25.4 Å². The van der Waals surface area contributed by atoms with E-state index in [0.717, 1.165) is 12.2 Å². The van der Waals surface area contributed by atoms with Crippen molar-refractivity contribution in [2.75, 3.05) is 5.75 Å². The number of nitrogens with zero attached hydrogens (tertiary/aromatic N) is 3. The van der Waals surface area contributed by atoms with Gasteiger partial charge in [-0.2, -0.15) is 0 Å². The van der Waals surface area contributed by atoms with E-state index in [-0.39, 0.29) is 17.1 Å². The maximum atomic E-state index is 10.7. The van der Waals surface area contributed by atoms with Crippen molar-refractivity contribution in [2.45, 2.75) is 25.3 Å². The first-order chi connectivity index (χ1) is 8.99. The molecule has 19 heavy (non-hydrogen) atoms. The standard InChI is InChI=1S/C11H16N4O3S/c1-3-7(2)6-19-11-9(10(12)14-16)4-8(5-13-11)15(17)18/h4-5,7,16H,3,6H2,1-2H3,(H2,12,14). The highest BCUT2D eigenvalue weighted by Crippen LogP contribution is 2.26. The summed E-state index contributed by atoms with van der Waals surface area (Å²) in [6, 6.07) is 1.26. The Labute approximate surface area is 115 Å². The van der Waals surface area contributed by atoms with E-state index in [1.54, 1.807) is 0 Å². The fraction of sp³-hybridized carbons (Fsp3) is 0.455. The molecule has 0 bridgehead atoms. The lowest BCUT2D eigenvalue weighted by Gasteiger charge is -2.10. The van der Waals surface area contributed by atoms with Crippen LogP contribution >= 0.6 is 11.8 Å². The van der Waals surface area contributed by atoms with Crippen LogP contribution in [0.15, 0.2) is 22.4 Å². The maximum Gasteiger partial charge on any atom is 0.288 e. The maximum absolute atomic E-state index is 10.7. The van der Waals surface area contributed by atoms with Gasteiger partial charge in [-0.05, 0) is 5.92 Å². The number of nitrogens with two attached hydrogens (primary N) is 1. The molecule has 8 heteroatoms. The van der Waals surface area contributed by atoms with Crippen LogP contribution in [0.5, 0.6) is 0 Å². The molecule has 1 rings (SSSR count). The van der Waals surface area contributed by atoms with E-state index >= 15 is 0 Å². The van der Waals surface area contributed by atoms with E-state index < -0.39 is 4.92 Å². The summed E-state index contributed by atoms with van der Waals surface area (Å²) in [4.78, 5) is 14.2. The van der Waals surface area contributed by atoms with Gasteiger partial charge in [0, 0.05) is 11.8 Å². The Kier molecular flexibility index (Phi) is 5.56. The van der Waals surface area contributed by atoms with E-state index in [1.165, 1.54) is 24.0 Å². The first-order valence-corrected chi connectivity index (χ1v) is 6.73. The Morgan fingerprint density at radius 1 is 1.74 bits per heavy atom. The summed E-state index contributed by atoms with van der Waals surface area (Å²) >= 11 is 1.44. The lowest BCUT2D eigenvalue weighted by atomic mass is 10.2. The molecule has 0 aliphatic carbocycles. The average molecular weight is 284 g/mol. The molecule has 104 valence electrons. The summed E-state index contributed by atoms with van der Waals surface area (Å²) in [7, 11) is 0. The van der Waals surface area contributed by atoms with Crippen molar-refractivity contribution < 1.29 is 10.1 Å². The molecule has 1 atom stereocenters. The molecule has 0 saturated carbocycles. The summed E-state index contributed by atoms with van der Waals surface area (Å²) in [6.07, 6.45) is 2.20. The Morgan fingerprint density at radius 3 is 2.95 bits per heavy atom. The number of oxime groups is 1. The van der Waals surface area contributed by atoms with Crippen molar-refractivity contribution >= 4 is 23.3 Å². The van der Waals surface area contributed by atoms with Gasteiger partial charge < -0.3 is 10.9 Å². The van der Waals surface area contributed by atoms with Crippen LogP contribution in [0, 0.1) is 16.0 Å². The van der Waals surface area contributed by atoms with Crippen LogP contribution in [0.4, 0.5) is 5.69 Å². The minimum atomic E-state index is -0.565. The molecule has 0 spiro atoms. The topological polar surface area (TPSA) is 115 Å². The van der Waals surface area contributed by atoms with E-state index in [0.29, 0.717) is 10.9 Å². The SMILES string of the molecule is CCC(C)CSc1ncc([N+](=O)[O-])cc1C(N)=NO. The fourth-order valence-corrected chi connectivity index (χ4v) is 2.36. The molecule has 0 radical (unpaired) electrons. The van der Waals surface area contributed by atoms with Gasteiger partial charge >= 0.3 is 0 Å². The van der Waals surface area contributed by atoms with Crippen LogP contribution in [0.2, 0.25) is 0 Å². The smallest absolute Gasteiger partial charge is 0.288 e. The molecule has 0 aliphatic rings. The number of hydrogen-bond donors (Lipinski definition) is 2. The molecule has 0 saturated heterocycles. The molecule has 7 nitrogen and oxygen atoms in total. The van der Waals surface area contributed by atoms with Crippen LogP contribution in [-0.4, -0.2) is 26.7 Å². The van der Waals surface area contributed by atoms with Gasteiger partial charge in [0.25, 0.3) is 5.69 Å². The zero-order chi connectivity index (χ0) is 14.4. The average Bonchev–Trinajstić information content (AvgIpc) is 2.43. The van der Waals surface area contributed by atoms with Crippen LogP contribution < -0.4 is 5.73 Å². The van der Waals surface area contributed by atoms with Gasteiger partial charge in [0.15, 0.2) is 5.84 Å². The first kappa shape index (κ1) is 15.2. The summed E-state index contributed by atoms with van der Waals surface area (Å²) < 4.78 is 0. The highest BCUT2D eigenvalue weighted by atomic mass is 32.2. The lowest BCUT2D eigenvalue weighted by molar-refractivity contribution is -0.385. The highest BCUT2D eigenvalue weighted by Gasteiger charge is 2.16. The van der Waals surface area contributed by atoms with Crippen molar-refractivity contribution in [3.05, 3.63) is 27.9 Å². The molecule has 3 N–H and O–H groups in total. The van der Waals surface area contributed by atoms with Gasteiger partial charge in [-0.15, -0.1) is 11.8 Å². The van der Waals surface area contributed by atoms with E-state index in [1.807, 2.05) is 0 Å². The lowest BCUT2D eigenvalue weighted by Crippen LogP contribution is -2.15. The third-order valence-corrected chi connectivity index (χ3v) is 3.97. The zero-order valence-electron chi connectivity index (χ0n) is 10.7.